The van der Waals surface area contributed by atoms with Gasteiger partial charge in [0, 0.05) is 44.3 Å². The molecule has 0 bridgehead atoms. The second kappa shape index (κ2) is 8.29. The number of anilines is 1. The number of para-hydroxylation sites is 1. The fraction of sp³-hybridized carbons (Fsp3) is 0.273. The van der Waals surface area contributed by atoms with Crippen LogP contribution in [0.2, 0.25) is 0 Å². The number of carbonyl (C=O) groups excluding carboxylic acids is 1. The molecule has 1 aromatic heterocycles. The summed E-state index contributed by atoms with van der Waals surface area (Å²) in [5.74, 6) is 0.0182. The van der Waals surface area contributed by atoms with E-state index >= 15 is 0 Å². The van der Waals surface area contributed by atoms with E-state index in [0.717, 1.165) is 49.3 Å². The molecule has 27 heavy (non-hydrogen) atoms. The van der Waals surface area contributed by atoms with Crippen molar-refractivity contribution in [3.63, 3.8) is 0 Å². The number of carbonyl (C=O) groups is 1. The van der Waals surface area contributed by atoms with Crippen LogP contribution in [0.3, 0.4) is 0 Å². The van der Waals surface area contributed by atoms with Crippen molar-refractivity contribution in [2.75, 3.05) is 38.0 Å². The molecule has 0 radical (unpaired) electrons. The average molecular weight is 360 g/mol. The third kappa shape index (κ3) is 4.51. The molecule has 1 N–H and O–H groups in total. The van der Waals surface area contributed by atoms with Crippen LogP contribution in [0.1, 0.15) is 5.56 Å². The summed E-state index contributed by atoms with van der Waals surface area (Å²) < 4.78 is 0. The molecule has 1 aliphatic rings. The minimum atomic E-state index is 0.0182. The van der Waals surface area contributed by atoms with Crippen LogP contribution in [0.25, 0.3) is 10.9 Å². The predicted octanol–water partition coefficient (Wildman–Crippen LogP) is 2.99. The predicted molar refractivity (Wildman–Crippen MR) is 109 cm³/mol. The minimum absolute atomic E-state index is 0.0182. The molecule has 1 saturated heterocycles. The molecule has 138 valence electrons. The Kier molecular flexibility index (Phi) is 5.42. The van der Waals surface area contributed by atoms with Crippen LogP contribution in [0.15, 0.2) is 66.9 Å². The maximum absolute atomic E-state index is 12.5. The summed E-state index contributed by atoms with van der Waals surface area (Å²) in [5, 5.41) is 4.06. The van der Waals surface area contributed by atoms with Crippen molar-refractivity contribution < 1.29 is 4.79 Å². The number of nitrogens with zero attached hydrogens (tertiary/aromatic N) is 3. The molecule has 0 aliphatic carbocycles. The molecule has 5 heteroatoms. The highest BCUT2D eigenvalue weighted by Crippen LogP contribution is 2.20. The standard InChI is InChI=1S/C22H24N4O/c27-21(24-20-10-4-8-19-9-5-11-23-22(19)20)17-26-14-12-25(13-15-26)16-18-6-2-1-3-7-18/h1-11H,12-17H2,(H,24,27). The first-order valence-electron chi connectivity index (χ1n) is 9.40. The zero-order valence-corrected chi connectivity index (χ0v) is 15.3. The second-order valence-electron chi connectivity index (χ2n) is 6.97. The van der Waals surface area contributed by atoms with E-state index < -0.39 is 0 Å². The summed E-state index contributed by atoms with van der Waals surface area (Å²) in [5.41, 5.74) is 2.95. The highest BCUT2D eigenvalue weighted by molar-refractivity contribution is 6.00. The molecule has 0 spiro atoms. The molecule has 5 nitrogen and oxygen atoms in total. The summed E-state index contributed by atoms with van der Waals surface area (Å²) in [6, 6.07) is 20.3. The number of piperazine rings is 1. The summed E-state index contributed by atoms with van der Waals surface area (Å²) in [6.07, 6.45) is 1.75. The van der Waals surface area contributed by atoms with Gasteiger partial charge in [0.05, 0.1) is 17.7 Å². The third-order valence-corrected chi connectivity index (χ3v) is 4.99. The molecule has 0 atom stereocenters. The lowest BCUT2D eigenvalue weighted by Crippen LogP contribution is -2.48. The number of amides is 1. The number of rotatable bonds is 5. The summed E-state index contributed by atoms with van der Waals surface area (Å²) >= 11 is 0. The average Bonchev–Trinajstić information content (AvgIpc) is 2.71. The molecule has 1 aliphatic heterocycles. The van der Waals surface area contributed by atoms with Gasteiger partial charge in [-0.1, -0.05) is 48.5 Å². The van der Waals surface area contributed by atoms with Crippen molar-refractivity contribution in [3.05, 3.63) is 72.4 Å². The maximum atomic E-state index is 12.5. The van der Waals surface area contributed by atoms with Crippen molar-refractivity contribution >= 4 is 22.5 Å². The summed E-state index contributed by atoms with van der Waals surface area (Å²) in [7, 11) is 0. The fourth-order valence-corrected chi connectivity index (χ4v) is 3.55. The zero-order chi connectivity index (χ0) is 18.5. The van der Waals surface area contributed by atoms with Crippen molar-refractivity contribution in [3.8, 4) is 0 Å². The Morgan fingerprint density at radius 1 is 0.889 bits per heavy atom. The summed E-state index contributed by atoms with van der Waals surface area (Å²) in [4.78, 5) is 21.6. The Bertz CT molecular complexity index is 899. The Morgan fingerprint density at radius 3 is 2.44 bits per heavy atom. The smallest absolute Gasteiger partial charge is 0.238 e. The Labute approximate surface area is 159 Å². The van der Waals surface area contributed by atoms with Gasteiger partial charge in [-0.3, -0.25) is 19.6 Å². The molecule has 2 heterocycles. The number of pyridine rings is 1. The van der Waals surface area contributed by atoms with Crippen molar-refractivity contribution in [2.45, 2.75) is 6.54 Å². The SMILES string of the molecule is O=C(CN1CCN(Cc2ccccc2)CC1)Nc1cccc2cccnc12. The molecule has 0 saturated carbocycles. The Hall–Kier alpha value is -2.76. The number of hydrogen-bond acceptors (Lipinski definition) is 4. The Morgan fingerprint density at radius 2 is 1.63 bits per heavy atom. The molecule has 1 fully saturated rings. The lowest BCUT2D eigenvalue weighted by atomic mass is 10.2. The maximum Gasteiger partial charge on any atom is 0.238 e. The number of hydrogen-bond donors (Lipinski definition) is 1. The quantitative estimate of drug-likeness (QED) is 0.760. The van der Waals surface area contributed by atoms with E-state index in [1.165, 1.54) is 5.56 Å². The monoisotopic (exact) mass is 360 g/mol. The lowest BCUT2D eigenvalue weighted by molar-refractivity contribution is -0.117. The van der Waals surface area contributed by atoms with Gasteiger partial charge >= 0.3 is 0 Å². The van der Waals surface area contributed by atoms with Crippen molar-refractivity contribution in [1.82, 2.24) is 14.8 Å². The zero-order valence-electron chi connectivity index (χ0n) is 15.3. The lowest BCUT2D eigenvalue weighted by Gasteiger charge is -2.34. The highest BCUT2D eigenvalue weighted by Gasteiger charge is 2.19. The summed E-state index contributed by atoms with van der Waals surface area (Å²) in [6.45, 7) is 5.18. The van der Waals surface area contributed by atoms with E-state index in [-0.39, 0.29) is 5.91 Å². The van der Waals surface area contributed by atoms with Gasteiger partial charge in [0.15, 0.2) is 0 Å². The van der Waals surface area contributed by atoms with E-state index in [1.54, 1.807) is 6.20 Å². The van der Waals surface area contributed by atoms with Gasteiger partial charge < -0.3 is 5.32 Å². The molecule has 2 aromatic carbocycles. The van der Waals surface area contributed by atoms with Gasteiger partial charge in [0.2, 0.25) is 5.91 Å². The third-order valence-electron chi connectivity index (χ3n) is 4.99. The van der Waals surface area contributed by atoms with Gasteiger partial charge in [-0.15, -0.1) is 0 Å². The number of aromatic nitrogens is 1. The van der Waals surface area contributed by atoms with Crippen LogP contribution < -0.4 is 5.32 Å². The molecular weight excluding hydrogens is 336 g/mol. The molecule has 1 amide bonds. The van der Waals surface area contributed by atoms with E-state index in [4.69, 9.17) is 0 Å². The van der Waals surface area contributed by atoms with Crippen LogP contribution >= 0.6 is 0 Å². The number of nitrogens with one attached hydrogen (secondary N) is 1. The normalized spacial score (nSPS) is 15.7. The highest BCUT2D eigenvalue weighted by atomic mass is 16.2. The van der Waals surface area contributed by atoms with Crippen LogP contribution in [0.5, 0.6) is 0 Å². The van der Waals surface area contributed by atoms with Crippen molar-refractivity contribution in [1.29, 1.82) is 0 Å². The fourth-order valence-electron chi connectivity index (χ4n) is 3.55. The van der Waals surface area contributed by atoms with E-state index in [2.05, 4.69) is 44.4 Å². The Balaban J connectivity index is 1.29. The van der Waals surface area contributed by atoms with Gasteiger partial charge in [0.25, 0.3) is 0 Å². The first kappa shape index (κ1) is 17.6. The number of benzene rings is 2. The molecular formula is C22H24N4O. The van der Waals surface area contributed by atoms with Crippen LogP contribution in [-0.2, 0) is 11.3 Å². The van der Waals surface area contributed by atoms with Crippen LogP contribution in [0, 0.1) is 0 Å². The molecule has 3 aromatic rings. The van der Waals surface area contributed by atoms with Crippen molar-refractivity contribution in [2.24, 2.45) is 0 Å². The number of fused-ring (bicyclic) bond motifs is 1. The first-order chi connectivity index (χ1) is 13.3. The van der Waals surface area contributed by atoms with E-state index in [1.807, 2.05) is 36.4 Å². The van der Waals surface area contributed by atoms with E-state index in [0.29, 0.717) is 6.54 Å². The molecule has 0 unspecified atom stereocenters. The van der Waals surface area contributed by atoms with Gasteiger partial charge in [0.1, 0.15) is 0 Å². The van der Waals surface area contributed by atoms with Gasteiger partial charge in [-0.05, 0) is 17.7 Å². The van der Waals surface area contributed by atoms with Crippen LogP contribution in [0.4, 0.5) is 5.69 Å². The second-order valence-corrected chi connectivity index (χ2v) is 6.97. The van der Waals surface area contributed by atoms with Gasteiger partial charge in [-0.25, -0.2) is 0 Å². The van der Waals surface area contributed by atoms with E-state index in [9.17, 15) is 4.79 Å². The first-order valence-corrected chi connectivity index (χ1v) is 9.40. The molecule has 4 rings (SSSR count). The van der Waals surface area contributed by atoms with Gasteiger partial charge in [-0.2, -0.15) is 0 Å². The topological polar surface area (TPSA) is 48.5 Å². The van der Waals surface area contributed by atoms with Crippen LogP contribution in [-0.4, -0.2) is 53.4 Å². The largest absolute Gasteiger partial charge is 0.323 e. The minimum Gasteiger partial charge on any atom is -0.323 e.